The Kier molecular flexibility index (Phi) is 3.54. The highest BCUT2D eigenvalue weighted by Gasteiger charge is 2.13. The zero-order chi connectivity index (χ0) is 17.4. The zero-order valence-electron chi connectivity index (χ0n) is 13.5. The molecule has 0 aliphatic heterocycles. The number of hydrogen-bond acceptors (Lipinski definition) is 3. The van der Waals surface area contributed by atoms with Crippen LogP contribution in [0, 0.1) is 0 Å². The molecule has 3 N–H and O–H groups in total. The lowest BCUT2D eigenvalue weighted by Gasteiger charge is -2.11. The third-order valence-corrected chi connectivity index (χ3v) is 4.25. The molecule has 0 saturated carbocycles. The maximum atomic E-state index is 11.4. The summed E-state index contributed by atoms with van der Waals surface area (Å²) >= 11 is 0. The van der Waals surface area contributed by atoms with Gasteiger partial charge >= 0.3 is 5.97 Å². The molecule has 5 nitrogen and oxygen atoms in total. The second-order valence-corrected chi connectivity index (χ2v) is 5.74. The number of carbonyl (C=O) groups is 1. The average Bonchev–Trinajstić information content (AvgIpc) is 3.01. The lowest BCUT2D eigenvalue weighted by atomic mass is 10.1. The number of aromatic carboxylic acids is 1. The van der Waals surface area contributed by atoms with Crippen LogP contribution in [0.25, 0.3) is 21.8 Å². The van der Waals surface area contributed by atoms with Crippen molar-refractivity contribution in [2.24, 2.45) is 0 Å². The molecule has 0 bridgehead atoms. The minimum atomic E-state index is -1.02. The van der Waals surface area contributed by atoms with Crippen LogP contribution in [0.4, 0.5) is 11.4 Å². The Balaban J connectivity index is 1.81. The maximum absolute atomic E-state index is 11.4. The molecule has 0 aliphatic carbocycles. The van der Waals surface area contributed by atoms with E-state index in [0.717, 1.165) is 27.5 Å². The van der Waals surface area contributed by atoms with E-state index in [-0.39, 0.29) is 5.56 Å². The van der Waals surface area contributed by atoms with Gasteiger partial charge in [0.15, 0.2) is 0 Å². The maximum Gasteiger partial charge on any atom is 0.339 e. The first kappa shape index (κ1) is 15.1. The van der Waals surface area contributed by atoms with E-state index >= 15 is 0 Å². The highest BCUT2D eigenvalue weighted by atomic mass is 16.5. The number of carboxylic acid groups (broad SMARTS) is 1. The monoisotopic (exact) mass is 332 g/mol. The van der Waals surface area contributed by atoms with Crippen LogP contribution < -0.4 is 10.1 Å². The van der Waals surface area contributed by atoms with Gasteiger partial charge in [-0.1, -0.05) is 30.3 Å². The topological polar surface area (TPSA) is 74.3 Å². The van der Waals surface area contributed by atoms with Crippen LogP contribution in [0.15, 0.2) is 60.7 Å². The molecule has 4 rings (SSSR count). The van der Waals surface area contributed by atoms with Crippen LogP contribution in [0.5, 0.6) is 5.75 Å². The molecule has 1 aromatic heterocycles. The first-order valence-corrected chi connectivity index (χ1v) is 7.85. The number of hydrogen-bond donors (Lipinski definition) is 3. The minimum Gasteiger partial charge on any atom is -0.496 e. The molecular formula is C20H16N2O3. The number of aromatic nitrogens is 1. The Hall–Kier alpha value is -3.47. The summed E-state index contributed by atoms with van der Waals surface area (Å²) in [7, 11) is 1.46. The number of carboxylic acids is 1. The summed E-state index contributed by atoms with van der Waals surface area (Å²) in [6.07, 6.45) is 0. The van der Waals surface area contributed by atoms with Crippen molar-refractivity contribution in [1.29, 1.82) is 0 Å². The summed E-state index contributed by atoms with van der Waals surface area (Å²) in [5, 5.41) is 14.9. The summed E-state index contributed by atoms with van der Waals surface area (Å²) < 4.78 is 5.11. The standard InChI is InChI=1S/C20H16N2O3/c1-25-18-10-9-12(11-15(18)20(23)24)21-17-8-4-6-14-13-5-2-3-7-16(13)22-19(14)17/h2-11,21-22H,1H3,(H,23,24). The summed E-state index contributed by atoms with van der Waals surface area (Å²) in [4.78, 5) is 14.8. The Bertz CT molecular complexity index is 1100. The summed E-state index contributed by atoms with van der Waals surface area (Å²) in [5.74, 6) is -0.689. The fourth-order valence-electron chi connectivity index (χ4n) is 3.09. The van der Waals surface area contributed by atoms with Crippen molar-refractivity contribution in [3.63, 3.8) is 0 Å². The highest BCUT2D eigenvalue weighted by molar-refractivity contribution is 6.11. The molecule has 5 heteroatoms. The Morgan fingerprint density at radius 3 is 2.64 bits per heavy atom. The van der Waals surface area contributed by atoms with Gasteiger partial charge in [0.05, 0.1) is 18.3 Å². The van der Waals surface area contributed by atoms with Gasteiger partial charge in [0, 0.05) is 22.0 Å². The first-order valence-electron chi connectivity index (χ1n) is 7.85. The molecule has 0 amide bonds. The van der Waals surface area contributed by atoms with Crippen molar-refractivity contribution in [3.8, 4) is 5.75 Å². The molecule has 1 heterocycles. The molecule has 0 aliphatic rings. The number of ether oxygens (including phenoxy) is 1. The van der Waals surface area contributed by atoms with E-state index in [0.29, 0.717) is 11.4 Å². The molecular weight excluding hydrogens is 316 g/mol. The largest absolute Gasteiger partial charge is 0.496 e. The van der Waals surface area contributed by atoms with E-state index in [1.165, 1.54) is 7.11 Å². The van der Waals surface area contributed by atoms with E-state index in [1.807, 2.05) is 30.3 Å². The third-order valence-electron chi connectivity index (χ3n) is 4.25. The average molecular weight is 332 g/mol. The number of para-hydroxylation sites is 2. The predicted molar refractivity (Wildman–Crippen MR) is 99.0 cm³/mol. The van der Waals surface area contributed by atoms with Crippen molar-refractivity contribution in [3.05, 3.63) is 66.2 Å². The molecule has 0 radical (unpaired) electrons. The molecule has 0 spiro atoms. The second-order valence-electron chi connectivity index (χ2n) is 5.74. The quantitative estimate of drug-likeness (QED) is 0.503. The zero-order valence-corrected chi connectivity index (χ0v) is 13.5. The third kappa shape index (κ3) is 2.55. The fraction of sp³-hybridized carbons (Fsp3) is 0.0500. The first-order chi connectivity index (χ1) is 12.2. The lowest BCUT2D eigenvalue weighted by molar-refractivity contribution is 0.0693. The van der Waals surface area contributed by atoms with Crippen LogP contribution in [-0.4, -0.2) is 23.2 Å². The van der Waals surface area contributed by atoms with Crippen LogP contribution in [-0.2, 0) is 0 Å². The van der Waals surface area contributed by atoms with Crippen molar-refractivity contribution in [1.82, 2.24) is 4.98 Å². The summed E-state index contributed by atoms with van der Waals surface area (Å²) in [6.45, 7) is 0. The van der Waals surface area contributed by atoms with E-state index in [1.54, 1.807) is 18.2 Å². The number of benzene rings is 3. The lowest BCUT2D eigenvalue weighted by Crippen LogP contribution is -2.02. The van der Waals surface area contributed by atoms with Crippen molar-refractivity contribution in [2.75, 3.05) is 12.4 Å². The van der Waals surface area contributed by atoms with Crippen molar-refractivity contribution >= 4 is 39.1 Å². The van der Waals surface area contributed by atoms with Gasteiger partial charge in [-0.3, -0.25) is 0 Å². The van der Waals surface area contributed by atoms with Crippen LogP contribution in [0.3, 0.4) is 0 Å². The Morgan fingerprint density at radius 2 is 1.84 bits per heavy atom. The molecule has 0 unspecified atom stereocenters. The highest BCUT2D eigenvalue weighted by Crippen LogP contribution is 2.32. The molecule has 0 saturated heterocycles. The van der Waals surface area contributed by atoms with Gasteiger partial charge < -0.3 is 20.1 Å². The summed E-state index contributed by atoms with van der Waals surface area (Å²) in [5.41, 5.74) is 3.74. The van der Waals surface area contributed by atoms with Gasteiger partial charge in [-0.25, -0.2) is 4.79 Å². The van der Waals surface area contributed by atoms with E-state index < -0.39 is 5.97 Å². The van der Waals surface area contributed by atoms with Gasteiger partial charge in [-0.05, 0) is 30.3 Å². The molecule has 25 heavy (non-hydrogen) atoms. The van der Waals surface area contributed by atoms with Gasteiger partial charge in [-0.2, -0.15) is 0 Å². The normalized spacial score (nSPS) is 10.9. The molecule has 124 valence electrons. The second kappa shape index (κ2) is 5.87. The number of anilines is 2. The van der Waals surface area contributed by atoms with Crippen LogP contribution >= 0.6 is 0 Å². The molecule has 3 aromatic carbocycles. The van der Waals surface area contributed by atoms with Gasteiger partial charge in [0.1, 0.15) is 11.3 Å². The minimum absolute atomic E-state index is 0.122. The number of fused-ring (bicyclic) bond motifs is 3. The predicted octanol–water partition coefficient (Wildman–Crippen LogP) is 4.77. The number of methoxy groups -OCH3 is 1. The number of nitrogens with one attached hydrogen (secondary N) is 2. The Labute approximate surface area is 143 Å². The number of aromatic amines is 1. The SMILES string of the molecule is COc1ccc(Nc2cccc3c2[nH]c2ccccc23)cc1C(=O)O. The molecule has 0 atom stereocenters. The number of H-pyrrole nitrogens is 1. The van der Waals surface area contributed by atoms with Crippen molar-refractivity contribution in [2.45, 2.75) is 0 Å². The van der Waals surface area contributed by atoms with E-state index in [4.69, 9.17) is 4.74 Å². The van der Waals surface area contributed by atoms with E-state index in [2.05, 4.69) is 22.4 Å². The Morgan fingerprint density at radius 1 is 1.04 bits per heavy atom. The fourth-order valence-corrected chi connectivity index (χ4v) is 3.09. The van der Waals surface area contributed by atoms with Crippen LogP contribution in [0.2, 0.25) is 0 Å². The molecule has 0 fully saturated rings. The van der Waals surface area contributed by atoms with E-state index in [9.17, 15) is 9.90 Å². The smallest absolute Gasteiger partial charge is 0.339 e. The van der Waals surface area contributed by atoms with Gasteiger partial charge in [0.2, 0.25) is 0 Å². The summed E-state index contributed by atoms with van der Waals surface area (Å²) in [6, 6.07) is 19.1. The van der Waals surface area contributed by atoms with Crippen molar-refractivity contribution < 1.29 is 14.6 Å². The molecule has 4 aromatic rings. The van der Waals surface area contributed by atoms with Gasteiger partial charge in [-0.15, -0.1) is 0 Å². The van der Waals surface area contributed by atoms with Gasteiger partial charge in [0.25, 0.3) is 0 Å². The van der Waals surface area contributed by atoms with Crippen LogP contribution in [0.1, 0.15) is 10.4 Å². The number of rotatable bonds is 4.